The Bertz CT molecular complexity index is 355. The van der Waals surface area contributed by atoms with Gasteiger partial charge in [-0.05, 0) is 30.6 Å². The number of benzene rings is 1. The van der Waals surface area contributed by atoms with Gasteiger partial charge in [0, 0.05) is 0 Å². The molecule has 16 heavy (non-hydrogen) atoms. The molecule has 0 amide bonds. The molecule has 0 saturated carbocycles. The smallest absolute Gasteiger partial charge is 0.320 e. The first-order valence-corrected chi connectivity index (χ1v) is 6.63. The highest BCUT2D eigenvalue weighted by Gasteiger charge is 2.40. The van der Waals surface area contributed by atoms with Crippen LogP contribution in [-0.4, -0.2) is 21.6 Å². The first kappa shape index (κ1) is 11.5. The average Bonchev–Trinajstić information content (AvgIpc) is 2.31. The molecule has 0 radical (unpaired) electrons. The zero-order chi connectivity index (χ0) is 11.4. The predicted molar refractivity (Wildman–Crippen MR) is 66.8 cm³/mol. The van der Waals surface area contributed by atoms with Gasteiger partial charge < -0.3 is 5.11 Å². The number of hydrogen-bond donors (Lipinski definition) is 1. The van der Waals surface area contributed by atoms with Crippen molar-refractivity contribution in [1.29, 1.82) is 0 Å². The fraction of sp³-hybridized carbons (Fsp3) is 0.462. The lowest BCUT2D eigenvalue weighted by Crippen LogP contribution is -2.39. The second-order valence-corrected chi connectivity index (χ2v) is 5.75. The Kier molecular flexibility index (Phi) is 3.54. The van der Waals surface area contributed by atoms with Crippen LogP contribution in [0.2, 0.25) is 0 Å². The fourth-order valence-electron chi connectivity index (χ4n) is 2.16. The van der Waals surface area contributed by atoms with Crippen LogP contribution in [0, 0.1) is 0 Å². The molecule has 0 spiro atoms. The minimum atomic E-state index is -0.652. The van der Waals surface area contributed by atoms with Crippen molar-refractivity contribution in [3.05, 3.63) is 35.9 Å². The monoisotopic (exact) mass is 236 g/mol. The minimum Gasteiger partial charge on any atom is -0.480 e. The summed E-state index contributed by atoms with van der Waals surface area (Å²) in [4.78, 5) is 11.5. The lowest BCUT2D eigenvalue weighted by molar-refractivity contribution is -0.140. The van der Waals surface area contributed by atoms with Crippen LogP contribution in [-0.2, 0) is 11.2 Å². The summed E-state index contributed by atoms with van der Waals surface area (Å²) in [5.41, 5.74) is 1.12. The number of carboxylic acid groups (broad SMARTS) is 1. The van der Waals surface area contributed by atoms with Crippen molar-refractivity contribution >= 4 is 17.7 Å². The molecule has 1 unspecified atom stereocenters. The Labute approximate surface area is 100 Å². The first-order chi connectivity index (χ1) is 7.73. The Morgan fingerprint density at radius 1 is 1.31 bits per heavy atom. The maximum atomic E-state index is 11.5. The van der Waals surface area contributed by atoms with Crippen LogP contribution in [0.25, 0.3) is 0 Å². The Morgan fingerprint density at radius 3 is 2.62 bits per heavy atom. The lowest BCUT2D eigenvalue weighted by atomic mass is 9.93. The third-order valence-electron chi connectivity index (χ3n) is 3.08. The Balaban J connectivity index is 2.17. The molecular weight excluding hydrogens is 220 g/mol. The molecule has 2 nitrogen and oxygen atoms in total. The van der Waals surface area contributed by atoms with E-state index < -0.39 is 10.7 Å². The highest BCUT2D eigenvalue weighted by Crippen LogP contribution is 2.39. The SMILES string of the molecule is O=C(O)C1(Cc2ccccc2)CCCCS1. The molecule has 1 aliphatic heterocycles. The summed E-state index contributed by atoms with van der Waals surface area (Å²) in [5.74, 6) is 0.320. The second kappa shape index (κ2) is 4.91. The van der Waals surface area contributed by atoms with Gasteiger partial charge in [-0.15, -0.1) is 11.8 Å². The topological polar surface area (TPSA) is 37.3 Å². The molecule has 0 aliphatic carbocycles. The van der Waals surface area contributed by atoms with Gasteiger partial charge in [0.15, 0.2) is 0 Å². The number of thioether (sulfide) groups is 1. The number of carboxylic acids is 1. The molecule has 1 aromatic carbocycles. The average molecular weight is 236 g/mol. The molecule has 0 bridgehead atoms. The van der Waals surface area contributed by atoms with Crippen LogP contribution >= 0.6 is 11.8 Å². The second-order valence-electron chi connectivity index (χ2n) is 4.27. The van der Waals surface area contributed by atoms with Crippen molar-refractivity contribution in [2.45, 2.75) is 30.4 Å². The van der Waals surface area contributed by atoms with E-state index in [2.05, 4.69) is 0 Å². The van der Waals surface area contributed by atoms with Crippen LogP contribution in [0.1, 0.15) is 24.8 Å². The number of rotatable bonds is 3. The molecule has 1 aromatic rings. The zero-order valence-corrected chi connectivity index (χ0v) is 10.0. The van der Waals surface area contributed by atoms with Crippen molar-refractivity contribution < 1.29 is 9.90 Å². The largest absolute Gasteiger partial charge is 0.480 e. The van der Waals surface area contributed by atoms with E-state index in [1.54, 1.807) is 11.8 Å². The van der Waals surface area contributed by atoms with Crippen molar-refractivity contribution in [2.75, 3.05) is 5.75 Å². The summed E-state index contributed by atoms with van der Waals surface area (Å²) in [7, 11) is 0. The van der Waals surface area contributed by atoms with E-state index in [1.165, 1.54) is 0 Å². The van der Waals surface area contributed by atoms with Gasteiger partial charge in [-0.1, -0.05) is 36.8 Å². The van der Waals surface area contributed by atoms with E-state index in [0.717, 1.165) is 30.6 Å². The van der Waals surface area contributed by atoms with Crippen molar-refractivity contribution in [1.82, 2.24) is 0 Å². The standard InChI is InChI=1S/C13H16O2S/c14-12(15)13(8-4-5-9-16-13)10-11-6-2-1-3-7-11/h1-3,6-7H,4-5,8-10H2,(H,14,15). The van der Waals surface area contributed by atoms with Crippen molar-refractivity contribution in [2.24, 2.45) is 0 Å². The third kappa shape index (κ3) is 2.40. The number of carbonyl (C=O) groups is 1. The van der Waals surface area contributed by atoms with Gasteiger partial charge in [0.1, 0.15) is 4.75 Å². The first-order valence-electron chi connectivity index (χ1n) is 5.64. The molecule has 1 aliphatic rings. The van der Waals surface area contributed by atoms with Crippen LogP contribution in [0.5, 0.6) is 0 Å². The third-order valence-corrected chi connectivity index (χ3v) is 4.64. The molecule has 1 N–H and O–H groups in total. The quantitative estimate of drug-likeness (QED) is 0.876. The molecule has 1 saturated heterocycles. The van der Waals surface area contributed by atoms with Gasteiger partial charge in [-0.2, -0.15) is 0 Å². The highest BCUT2D eigenvalue weighted by molar-refractivity contribution is 8.01. The Hall–Kier alpha value is -0.960. The van der Waals surface area contributed by atoms with Crippen LogP contribution in [0.15, 0.2) is 30.3 Å². The van der Waals surface area contributed by atoms with E-state index >= 15 is 0 Å². The summed E-state index contributed by atoms with van der Waals surface area (Å²) in [6.07, 6.45) is 3.62. The van der Waals surface area contributed by atoms with Gasteiger partial charge in [0.05, 0.1) is 0 Å². The summed E-state index contributed by atoms with van der Waals surface area (Å²) in [5, 5.41) is 9.43. The van der Waals surface area contributed by atoms with Crippen LogP contribution < -0.4 is 0 Å². The maximum Gasteiger partial charge on any atom is 0.320 e. The minimum absolute atomic E-state index is 0.584. The van der Waals surface area contributed by atoms with E-state index in [1.807, 2.05) is 30.3 Å². The molecule has 1 atom stereocenters. The fourth-order valence-corrected chi connectivity index (χ4v) is 3.58. The van der Waals surface area contributed by atoms with Crippen LogP contribution in [0.3, 0.4) is 0 Å². The predicted octanol–water partition coefficient (Wildman–Crippen LogP) is 2.97. The summed E-state index contributed by atoms with van der Waals surface area (Å²) < 4.78 is -0.584. The van der Waals surface area contributed by atoms with Crippen LogP contribution in [0.4, 0.5) is 0 Å². The molecule has 0 aromatic heterocycles. The van der Waals surface area contributed by atoms with E-state index in [-0.39, 0.29) is 0 Å². The van der Waals surface area contributed by atoms with Crippen molar-refractivity contribution in [3.8, 4) is 0 Å². The van der Waals surface area contributed by atoms with Gasteiger partial charge in [-0.25, -0.2) is 0 Å². The summed E-state index contributed by atoms with van der Waals surface area (Å²) >= 11 is 1.61. The molecule has 2 rings (SSSR count). The lowest BCUT2D eigenvalue weighted by Gasteiger charge is -2.32. The molecule has 1 fully saturated rings. The van der Waals surface area contributed by atoms with Gasteiger partial charge >= 0.3 is 5.97 Å². The van der Waals surface area contributed by atoms with Gasteiger partial charge in [0.2, 0.25) is 0 Å². The highest BCUT2D eigenvalue weighted by atomic mass is 32.2. The molecule has 1 heterocycles. The summed E-state index contributed by atoms with van der Waals surface area (Å²) in [6.45, 7) is 0. The Morgan fingerprint density at radius 2 is 2.06 bits per heavy atom. The maximum absolute atomic E-state index is 11.5. The zero-order valence-electron chi connectivity index (χ0n) is 9.19. The molecule has 86 valence electrons. The van der Waals surface area contributed by atoms with E-state index in [4.69, 9.17) is 0 Å². The van der Waals surface area contributed by atoms with Crippen molar-refractivity contribution in [3.63, 3.8) is 0 Å². The van der Waals surface area contributed by atoms with Gasteiger partial charge in [0.25, 0.3) is 0 Å². The van der Waals surface area contributed by atoms with Gasteiger partial charge in [-0.3, -0.25) is 4.79 Å². The number of hydrogen-bond acceptors (Lipinski definition) is 2. The van der Waals surface area contributed by atoms with E-state index in [9.17, 15) is 9.90 Å². The van der Waals surface area contributed by atoms with E-state index in [0.29, 0.717) is 6.42 Å². The molecule has 3 heteroatoms. The molecular formula is C13H16O2S. The normalized spacial score (nSPS) is 25.2. The number of aliphatic carboxylic acids is 1. The summed E-state index contributed by atoms with van der Waals surface area (Å²) in [6, 6.07) is 9.93.